The van der Waals surface area contributed by atoms with Crippen molar-refractivity contribution < 1.29 is 14.3 Å². The summed E-state index contributed by atoms with van der Waals surface area (Å²) in [5.74, 6) is 0.347. The monoisotopic (exact) mass is 417 g/mol. The van der Waals surface area contributed by atoms with Gasteiger partial charge in [0.25, 0.3) is 0 Å². The van der Waals surface area contributed by atoms with Crippen LogP contribution in [0.25, 0.3) is 0 Å². The van der Waals surface area contributed by atoms with E-state index in [2.05, 4.69) is 10.6 Å². The minimum Gasteiger partial charge on any atom is -0.487 e. The third-order valence-corrected chi connectivity index (χ3v) is 4.72. The number of nitrogens with zero attached hydrogens (tertiary/aromatic N) is 1. The van der Waals surface area contributed by atoms with E-state index in [0.29, 0.717) is 23.6 Å². The average molecular weight is 418 g/mol. The molecule has 160 valence electrons. The summed E-state index contributed by atoms with van der Waals surface area (Å²) in [7, 11) is 3.32. The van der Waals surface area contributed by atoms with Crippen LogP contribution in [0.1, 0.15) is 22.7 Å². The van der Waals surface area contributed by atoms with Crippen molar-refractivity contribution in [3.8, 4) is 5.75 Å². The average Bonchev–Trinajstić information content (AvgIpc) is 2.78. The molecule has 0 aliphatic rings. The smallest absolute Gasteiger partial charge is 0.320 e. The summed E-state index contributed by atoms with van der Waals surface area (Å²) in [4.78, 5) is 26.9. The Morgan fingerprint density at radius 2 is 1.58 bits per heavy atom. The van der Waals surface area contributed by atoms with Crippen molar-refractivity contribution in [1.29, 1.82) is 0 Å². The van der Waals surface area contributed by atoms with Crippen molar-refractivity contribution >= 4 is 17.6 Å². The Hall–Kier alpha value is -3.80. The normalized spacial score (nSPS) is 11.3. The Balaban J connectivity index is 1.75. The van der Waals surface area contributed by atoms with Crippen LogP contribution in [0.4, 0.5) is 10.5 Å². The molecular weight excluding hydrogens is 390 g/mol. The summed E-state index contributed by atoms with van der Waals surface area (Å²) in [6, 6.07) is 23.2. The highest BCUT2D eigenvalue weighted by Crippen LogP contribution is 2.27. The summed E-state index contributed by atoms with van der Waals surface area (Å²) in [6.45, 7) is 2.34. The Kier molecular flexibility index (Phi) is 7.27. The van der Waals surface area contributed by atoms with E-state index in [1.54, 1.807) is 20.2 Å². The summed E-state index contributed by atoms with van der Waals surface area (Å²) < 4.78 is 5.96. The molecule has 3 aromatic rings. The third kappa shape index (κ3) is 6.09. The maximum absolute atomic E-state index is 12.8. The lowest BCUT2D eigenvalue weighted by molar-refractivity contribution is -0.130. The fourth-order valence-corrected chi connectivity index (χ4v) is 3.07. The van der Waals surface area contributed by atoms with Gasteiger partial charge in [0.2, 0.25) is 5.91 Å². The van der Waals surface area contributed by atoms with E-state index in [1.165, 1.54) is 4.90 Å². The number of urea groups is 1. The van der Waals surface area contributed by atoms with Crippen molar-refractivity contribution in [3.63, 3.8) is 0 Å². The first-order valence-corrected chi connectivity index (χ1v) is 10.0. The number of hydrogen-bond donors (Lipinski definition) is 2. The van der Waals surface area contributed by atoms with E-state index in [1.807, 2.05) is 79.7 Å². The molecule has 6 heteroatoms. The molecule has 0 heterocycles. The fourth-order valence-electron chi connectivity index (χ4n) is 3.07. The van der Waals surface area contributed by atoms with Crippen molar-refractivity contribution in [3.05, 3.63) is 95.6 Å². The summed E-state index contributed by atoms with van der Waals surface area (Å²) in [6.07, 6.45) is 0. The number of nitrogens with one attached hydrogen (secondary N) is 2. The third-order valence-electron chi connectivity index (χ3n) is 4.72. The highest BCUT2D eigenvalue weighted by Gasteiger charge is 2.24. The molecule has 0 aliphatic heterocycles. The molecule has 3 aromatic carbocycles. The van der Waals surface area contributed by atoms with Gasteiger partial charge in [-0.3, -0.25) is 4.79 Å². The number of carbonyl (C=O) groups excluding carboxylic acids is 2. The van der Waals surface area contributed by atoms with Crippen LogP contribution >= 0.6 is 0 Å². The van der Waals surface area contributed by atoms with Crippen molar-refractivity contribution in [2.45, 2.75) is 19.6 Å². The second-order valence-electron chi connectivity index (χ2n) is 7.45. The second-order valence-corrected chi connectivity index (χ2v) is 7.45. The molecule has 0 bridgehead atoms. The molecule has 0 saturated carbocycles. The van der Waals surface area contributed by atoms with Crippen LogP contribution in [0.5, 0.6) is 5.75 Å². The zero-order valence-electron chi connectivity index (χ0n) is 18.0. The Labute approximate surface area is 182 Å². The molecule has 0 fully saturated rings. The highest BCUT2D eigenvalue weighted by molar-refractivity contribution is 5.95. The van der Waals surface area contributed by atoms with Gasteiger partial charge in [-0.2, -0.15) is 0 Å². The van der Waals surface area contributed by atoms with Gasteiger partial charge in [-0.1, -0.05) is 66.7 Å². The van der Waals surface area contributed by atoms with E-state index >= 15 is 0 Å². The van der Waals surface area contributed by atoms with Crippen molar-refractivity contribution in [2.24, 2.45) is 0 Å². The Morgan fingerprint density at radius 3 is 2.23 bits per heavy atom. The maximum atomic E-state index is 12.8. The van der Waals surface area contributed by atoms with Gasteiger partial charge in [0.1, 0.15) is 18.4 Å². The fraction of sp³-hybridized carbons (Fsp3) is 0.200. The van der Waals surface area contributed by atoms with Gasteiger partial charge < -0.3 is 20.3 Å². The summed E-state index contributed by atoms with van der Waals surface area (Å²) in [5, 5.41) is 5.60. The predicted octanol–water partition coefficient (Wildman–Crippen LogP) is 4.53. The van der Waals surface area contributed by atoms with Gasteiger partial charge in [0.05, 0.1) is 5.69 Å². The quantitative estimate of drug-likeness (QED) is 0.594. The van der Waals surface area contributed by atoms with Gasteiger partial charge >= 0.3 is 6.03 Å². The van der Waals surface area contributed by atoms with Crippen LogP contribution < -0.4 is 15.4 Å². The van der Waals surface area contributed by atoms with Gasteiger partial charge in [-0.15, -0.1) is 0 Å². The largest absolute Gasteiger partial charge is 0.487 e. The van der Waals surface area contributed by atoms with Crippen LogP contribution in [0.3, 0.4) is 0 Å². The first-order valence-electron chi connectivity index (χ1n) is 10.0. The molecule has 0 radical (unpaired) electrons. The predicted molar refractivity (Wildman–Crippen MR) is 122 cm³/mol. The van der Waals surface area contributed by atoms with E-state index in [0.717, 1.165) is 11.1 Å². The van der Waals surface area contributed by atoms with Crippen LogP contribution in [0.2, 0.25) is 0 Å². The lowest BCUT2D eigenvalue weighted by Crippen LogP contribution is -2.41. The number of benzene rings is 3. The molecule has 0 spiro atoms. The first kappa shape index (κ1) is 21.9. The molecule has 0 saturated heterocycles. The number of likely N-dealkylation sites (N-methyl/N-ethyl adjacent to an activating group) is 1. The van der Waals surface area contributed by atoms with Crippen molar-refractivity contribution in [2.75, 3.05) is 19.4 Å². The number of rotatable bonds is 7. The van der Waals surface area contributed by atoms with Gasteiger partial charge in [-0.25, -0.2) is 4.79 Å². The van der Waals surface area contributed by atoms with E-state index in [4.69, 9.17) is 4.74 Å². The molecule has 0 aromatic heterocycles. The molecule has 0 aliphatic carbocycles. The topological polar surface area (TPSA) is 70.7 Å². The molecule has 1 atom stereocenters. The first-order chi connectivity index (χ1) is 14.9. The molecule has 3 amide bonds. The van der Waals surface area contributed by atoms with Crippen LogP contribution in [-0.4, -0.2) is 30.9 Å². The second kappa shape index (κ2) is 10.3. The lowest BCUT2D eigenvalue weighted by Gasteiger charge is -2.22. The SMILES string of the molecule is Cc1ccc(NC(=O)N[C@H](C(=O)N(C)C)c2ccccc2)c(OCc2ccccc2)c1. The number of aryl methyl sites for hydroxylation is 1. The van der Waals surface area contributed by atoms with E-state index < -0.39 is 12.1 Å². The number of ether oxygens (including phenoxy) is 1. The minimum atomic E-state index is -0.796. The van der Waals surface area contributed by atoms with E-state index in [9.17, 15) is 9.59 Å². The van der Waals surface area contributed by atoms with Crippen LogP contribution in [0, 0.1) is 6.92 Å². The zero-order chi connectivity index (χ0) is 22.2. The summed E-state index contributed by atoms with van der Waals surface area (Å²) in [5.41, 5.74) is 3.28. The highest BCUT2D eigenvalue weighted by atomic mass is 16.5. The van der Waals surface area contributed by atoms with Gasteiger partial charge in [-0.05, 0) is 35.7 Å². The number of hydrogen-bond acceptors (Lipinski definition) is 3. The van der Waals surface area contributed by atoms with Gasteiger partial charge in [0, 0.05) is 14.1 Å². The lowest BCUT2D eigenvalue weighted by atomic mass is 10.1. The van der Waals surface area contributed by atoms with Crippen LogP contribution in [0.15, 0.2) is 78.9 Å². The number of carbonyl (C=O) groups is 2. The zero-order valence-corrected chi connectivity index (χ0v) is 18.0. The molecule has 3 rings (SSSR count). The van der Waals surface area contributed by atoms with Crippen molar-refractivity contribution in [1.82, 2.24) is 10.2 Å². The van der Waals surface area contributed by atoms with Gasteiger partial charge in [0.15, 0.2) is 0 Å². The summed E-state index contributed by atoms with van der Waals surface area (Å²) >= 11 is 0. The maximum Gasteiger partial charge on any atom is 0.320 e. The number of anilines is 1. The molecule has 2 N–H and O–H groups in total. The van der Waals surface area contributed by atoms with Crippen LogP contribution in [-0.2, 0) is 11.4 Å². The Bertz CT molecular complexity index is 1020. The standard InChI is InChI=1S/C25H27N3O3/c1-18-14-15-21(22(16-18)31-17-19-10-6-4-7-11-19)26-25(30)27-23(24(29)28(2)3)20-12-8-5-9-13-20/h4-16,23H,17H2,1-3H3,(H2,26,27,30)/t23-/m0/s1. The number of amides is 3. The van der Waals surface area contributed by atoms with E-state index in [-0.39, 0.29) is 5.91 Å². The Morgan fingerprint density at radius 1 is 0.935 bits per heavy atom. The molecule has 31 heavy (non-hydrogen) atoms. The minimum absolute atomic E-state index is 0.217. The molecular formula is C25H27N3O3. The molecule has 6 nitrogen and oxygen atoms in total. The molecule has 0 unspecified atom stereocenters.